The Morgan fingerprint density at radius 3 is 2.44 bits per heavy atom. The molecule has 4 aromatic rings. The minimum atomic E-state index is -0.00601. The number of benzene rings is 1. The Balaban J connectivity index is 1.52. The van der Waals surface area contributed by atoms with Crippen LogP contribution in [0.4, 0.5) is 5.82 Å². The van der Waals surface area contributed by atoms with Crippen LogP contribution in [0.15, 0.2) is 66.0 Å². The zero-order chi connectivity index (χ0) is 17.2. The van der Waals surface area contributed by atoms with Crippen LogP contribution in [0.3, 0.4) is 0 Å². The summed E-state index contributed by atoms with van der Waals surface area (Å²) in [7, 11) is 0. The van der Waals surface area contributed by atoms with Crippen LogP contribution in [-0.4, -0.2) is 24.3 Å². The Labute approximate surface area is 143 Å². The summed E-state index contributed by atoms with van der Waals surface area (Å²) < 4.78 is 3.48. The van der Waals surface area contributed by atoms with Crippen LogP contribution in [0.5, 0.6) is 0 Å². The van der Waals surface area contributed by atoms with Crippen LogP contribution in [0, 0.1) is 0 Å². The smallest absolute Gasteiger partial charge is 0.250 e. The van der Waals surface area contributed by atoms with Crippen LogP contribution >= 0.6 is 0 Å². The van der Waals surface area contributed by atoms with Gasteiger partial charge in [0.2, 0.25) is 0 Å². The van der Waals surface area contributed by atoms with Gasteiger partial charge in [-0.2, -0.15) is 5.10 Å². The van der Waals surface area contributed by atoms with Gasteiger partial charge in [-0.25, -0.2) is 9.97 Å². The lowest BCUT2D eigenvalue weighted by molar-refractivity contribution is 0.692. The lowest BCUT2D eigenvalue weighted by atomic mass is 10.1. The number of nitrogens with two attached hydrogens (primary N) is 1. The number of nitrogens with zero attached hydrogens (tertiary/aromatic N) is 5. The molecule has 3 heterocycles. The van der Waals surface area contributed by atoms with E-state index in [4.69, 9.17) is 5.73 Å². The van der Waals surface area contributed by atoms with Gasteiger partial charge in [0.15, 0.2) is 5.65 Å². The normalized spacial score (nSPS) is 11.0. The van der Waals surface area contributed by atoms with E-state index in [1.54, 1.807) is 27.6 Å². The Morgan fingerprint density at radius 2 is 1.72 bits per heavy atom. The van der Waals surface area contributed by atoms with Crippen LogP contribution in [0.1, 0.15) is 11.1 Å². The summed E-state index contributed by atoms with van der Waals surface area (Å²) in [4.78, 5) is 19.9. The van der Waals surface area contributed by atoms with Gasteiger partial charge >= 0.3 is 0 Å². The maximum atomic E-state index is 11.8. The third kappa shape index (κ3) is 3.12. The van der Waals surface area contributed by atoms with Gasteiger partial charge in [-0.1, -0.05) is 30.3 Å². The molecule has 7 heteroatoms. The zero-order valence-electron chi connectivity index (χ0n) is 13.4. The molecule has 0 bridgehead atoms. The Kier molecular flexibility index (Phi) is 3.74. The number of hydrogen-bond acceptors (Lipinski definition) is 5. The Hall–Kier alpha value is -3.48. The van der Waals surface area contributed by atoms with Crippen molar-refractivity contribution < 1.29 is 0 Å². The molecule has 0 unspecified atom stereocenters. The van der Waals surface area contributed by atoms with E-state index in [1.807, 2.05) is 36.5 Å². The fourth-order valence-electron chi connectivity index (χ4n) is 2.71. The van der Waals surface area contributed by atoms with E-state index < -0.39 is 0 Å². The highest BCUT2D eigenvalue weighted by Gasteiger charge is 2.06. The molecule has 0 atom stereocenters. The first-order valence-corrected chi connectivity index (χ1v) is 7.86. The van der Waals surface area contributed by atoms with Crippen LogP contribution in [-0.2, 0) is 13.1 Å². The second-order valence-corrected chi connectivity index (χ2v) is 5.81. The van der Waals surface area contributed by atoms with Crippen molar-refractivity contribution in [2.45, 2.75) is 13.1 Å². The van der Waals surface area contributed by atoms with Crippen LogP contribution < -0.4 is 11.3 Å². The van der Waals surface area contributed by atoms with Gasteiger partial charge in [-0.15, -0.1) is 0 Å². The fourth-order valence-corrected chi connectivity index (χ4v) is 2.71. The van der Waals surface area contributed by atoms with E-state index in [-0.39, 0.29) is 5.56 Å². The summed E-state index contributed by atoms with van der Waals surface area (Å²) in [6.45, 7) is 1.17. The molecule has 0 saturated carbocycles. The lowest BCUT2D eigenvalue weighted by Gasteiger charge is -2.07. The zero-order valence-corrected chi connectivity index (χ0v) is 13.4. The van der Waals surface area contributed by atoms with Gasteiger partial charge in [0.1, 0.15) is 12.1 Å². The highest BCUT2D eigenvalue weighted by atomic mass is 16.1. The lowest BCUT2D eigenvalue weighted by Crippen LogP contribution is -2.18. The third-order valence-corrected chi connectivity index (χ3v) is 4.01. The van der Waals surface area contributed by atoms with Gasteiger partial charge in [0, 0.05) is 18.5 Å². The van der Waals surface area contributed by atoms with E-state index in [0.29, 0.717) is 24.6 Å². The predicted molar refractivity (Wildman–Crippen MR) is 95.1 cm³/mol. The number of fused-ring (bicyclic) bond motifs is 1. The first-order chi connectivity index (χ1) is 12.2. The third-order valence-electron chi connectivity index (χ3n) is 4.01. The monoisotopic (exact) mass is 332 g/mol. The molecule has 0 aliphatic heterocycles. The van der Waals surface area contributed by atoms with Crippen molar-refractivity contribution in [1.29, 1.82) is 0 Å². The molecule has 2 N–H and O–H groups in total. The van der Waals surface area contributed by atoms with Gasteiger partial charge < -0.3 is 10.3 Å². The maximum Gasteiger partial charge on any atom is 0.250 e. The molecule has 0 aliphatic carbocycles. The molecule has 0 radical (unpaired) electrons. The van der Waals surface area contributed by atoms with Crippen molar-refractivity contribution in [3.05, 3.63) is 82.7 Å². The highest BCUT2D eigenvalue weighted by Crippen LogP contribution is 2.15. The van der Waals surface area contributed by atoms with Crippen molar-refractivity contribution in [1.82, 2.24) is 24.3 Å². The molecule has 0 spiro atoms. The van der Waals surface area contributed by atoms with E-state index in [9.17, 15) is 4.79 Å². The number of nitrogen functional groups attached to an aromatic ring is 1. The number of hydrogen-bond donors (Lipinski definition) is 1. The Bertz CT molecular complexity index is 1080. The summed E-state index contributed by atoms with van der Waals surface area (Å²) in [5.74, 6) is 0.430. The molecule has 25 heavy (non-hydrogen) atoms. The maximum absolute atomic E-state index is 11.8. The summed E-state index contributed by atoms with van der Waals surface area (Å²) in [5, 5.41) is 5.16. The molecular weight excluding hydrogens is 316 g/mol. The first kappa shape index (κ1) is 15.1. The quantitative estimate of drug-likeness (QED) is 0.614. The van der Waals surface area contributed by atoms with Gasteiger partial charge in [0.05, 0.1) is 18.5 Å². The standard InChI is InChI=1S/C18H16N6O/c19-17-15-11-24(22-18(15)21-12-20-17)10-14-6-4-13(5-7-14)9-23-8-2-1-3-16(23)25/h1-8,11-12H,9-10H2,(H2,19,20,21,22). The number of anilines is 1. The minimum Gasteiger partial charge on any atom is -0.383 e. The average molecular weight is 332 g/mol. The van der Waals surface area contributed by atoms with Crippen molar-refractivity contribution in [2.75, 3.05) is 5.73 Å². The molecule has 7 nitrogen and oxygen atoms in total. The first-order valence-electron chi connectivity index (χ1n) is 7.86. The van der Waals surface area contributed by atoms with Crippen molar-refractivity contribution >= 4 is 16.9 Å². The van der Waals surface area contributed by atoms with Gasteiger partial charge in [0.25, 0.3) is 5.56 Å². The molecular formula is C18H16N6O. The predicted octanol–water partition coefficient (Wildman–Crippen LogP) is 1.67. The molecule has 0 aliphatic rings. The van der Waals surface area contributed by atoms with E-state index in [1.165, 1.54) is 6.33 Å². The van der Waals surface area contributed by atoms with Crippen molar-refractivity contribution in [3.8, 4) is 0 Å². The summed E-state index contributed by atoms with van der Waals surface area (Å²) in [5.41, 5.74) is 8.59. The SMILES string of the molecule is Nc1ncnc2nn(Cc3ccc(Cn4ccccc4=O)cc3)cc12. The highest BCUT2D eigenvalue weighted by molar-refractivity contribution is 5.84. The molecule has 3 aromatic heterocycles. The fraction of sp³-hybridized carbons (Fsp3) is 0.111. The second kappa shape index (κ2) is 6.20. The number of aromatic nitrogens is 5. The molecule has 4 rings (SSSR count). The van der Waals surface area contributed by atoms with E-state index in [2.05, 4.69) is 15.1 Å². The summed E-state index contributed by atoms with van der Waals surface area (Å²) in [6.07, 6.45) is 5.05. The van der Waals surface area contributed by atoms with Crippen LogP contribution in [0.2, 0.25) is 0 Å². The summed E-state index contributed by atoms with van der Waals surface area (Å²) >= 11 is 0. The van der Waals surface area contributed by atoms with Gasteiger partial charge in [-0.05, 0) is 17.2 Å². The van der Waals surface area contributed by atoms with Crippen molar-refractivity contribution in [3.63, 3.8) is 0 Å². The average Bonchev–Trinajstić information content (AvgIpc) is 3.03. The largest absolute Gasteiger partial charge is 0.383 e. The number of pyridine rings is 1. The van der Waals surface area contributed by atoms with E-state index in [0.717, 1.165) is 16.5 Å². The molecule has 0 saturated heterocycles. The molecule has 0 amide bonds. The van der Waals surface area contributed by atoms with Crippen LogP contribution in [0.25, 0.3) is 11.0 Å². The van der Waals surface area contributed by atoms with Gasteiger partial charge in [-0.3, -0.25) is 9.48 Å². The second-order valence-electron chi connectivity index (χ2n) is 5.81. The van der Waals surface area contributed by atoms with E-state index >= 15 is 0 Å². The molecule has 1 aromatic carbocycles. The summed E-state index contributed by atoms with van der Waals surface area (Å²) in [6, 6.07) is 13.3. The molecule has 0 fully saturated rings. The number of rotatable bonds is 4. The Morgan fingerprint density at radius 1 is 0.960 bits per heavy atom. The molecule has 124 valence electrons. The van der Waals surface area contributed by atoms with Crippen molar-refractivity contribution in [2.24, 2.45) is 0 Å². The topological polar surface area (TPSA) is 91.6 Å². The minimum absolute atomic E-state index is 0.00601.